The number of hydrogen-bond donors (Lipinski definition) is 1. The Bertz CT molecular complexity index is 297. The highest BCUT2D eigenvalue weighted by atomic mass is 16.5. The van der Waals surface area contributed by atoms with Gasteiger partial charge in [-0.3, -0.25) is 5.41 Å². The zero-order valence-electron chi connectivity index (χ0n) is 7.83. The summed E-state index contributed by atoms with van der Waals surface area (Å²) in [5.41, 5.74) is 1.82. The van der Waals surface area contributed by atoms with Gasteiger partial charge in [-0.2, -0.15) is 0 Å². The Morgan fingerprint density at radius 3 is 2.77 bits per heavy atom. The molecule has 0 aliphatic carbocycles. The van der Waals surface area contributed by atoms with Gasteiger partial charge in [-0.1, -0.05) is 12.1 Å². The standard InChI is InChI=1S/C10H13NO2/c1-12-7-8-4-3-5-9(6-8)10(11)13-2/h3-6,11H,7H2,1-2H3. The quantitative estimate of drug-likeness (QED) is 0.568. The van der Waals surface area contributed by atoms with Crippen molar-refractivity contribution in [3.63, 3.8) is 0 Å². The van der Waals surface area contributed by atoms with Crippen LogP contribution in [0.3, 0.4) is 0 Å². The Morgan fingerprint density at radius 2 is 2.15 bits per heavy atom. The number of hydrogen-bond acceptors (Lipinski definition) is 3. The first-order valence-corrected chi connectivity index (χ1v) is 3.98. The van der Waals surface area contributed by atoms with Crippen LogP contribution in [0.4, 0.5) is 0 Å². The number of rotatable bonds is 3. The zero-order chi connectivity index (χ0) is 9.68. The van der Waals surface area contributed by atoms with Gasteiger partial charge in [-0.25, -0.2) is 0 Å². The maximum absolute atomic E-state index is 7.44. The molecule has 0 heterocycles. The van der Waals surface area contributed by atoms with Gasteiger partial charge in [0.15, 0.2) is 0 Å². The summed E-state index contributed by atoms with van der Waals surface area (Å²) >= 11 is 0. The van der Waals surface area contributed by atoms with Gasteiger partial charge < -0.3 is 9.47 Å². The molecule has 0 amide bonds. The van der Waals surface area contributed by atoms with Crippen molar-refractivity contribution in [2.75, 3.05) is 14.2 Å². The van der Waals surface area contributed by atoms with Gasteiger partial charge in [0.25, 0.3) is 0 Å². The topological polar surface area (TPSA) is 42.3 Å². The molecule has 1 N–H and O–H groups in total. The summed E-state index contributed by atoms with van der Waals surface area (Å²) in [6.45, 7) is 0.560. The summed E-state index contributed by atoms with van der Waals surface area (Å²) in [4.78, 5) is 0. The Morgan fingerprint density at radius 1 is 1.38 bits per heavy atom. The molecule has 0 aromatic heterocycles. The van der Waals surface area contributed by atoms with Crippen molar-refractivity contribution in [3.8, 4) is 0 Å². The molecule has 1 rings (SSSR count). The monoisotopic (exact) mass is 179 g/mol. The van der Waals surface area contributed by atoms with Crippen LogP contribution in [-0.4, -0.2) is 20.1 Å². The lowest BCUT2D eigenvalue weighted by atomic mass is 10.1. The van der Waals surface area contributed by atoms with E-state index in [0.717, 1.165) is 11.1 Å². The predicted molar refractivity (Wildman–Crippen MR) is 51.0 cm³/mol. The molecule has 1 aromatic rings. The average Bonchev–Trinajstić information content (AvgIpc) is 2.18. The maximum Gasteiger partial charge on any atom is 0.212 e. The summed E-state index contributed by atoms with van der Waals surface area (Å²) in [5, 5.41) is 7.44. The van der Waals surface area contributed by atoms with Crippen molar-refractivity contribution in [3.05, 3.63) is 35.4 Å². The lowest BCUT2D eigenvalue weighted by molar-refractivity contribution is 0.185. The number of nitrogens with one attached hydrogen (secondary N) is 1. The maximum atomic E-state index is 7.44. The van der Waals surface area contributed by atoms with Crippen LogP contribution < -0.4 is 0 Å². The van der Waals surface area contributed by atoms with E-state index in [1.54, 1.807) is 7.11 Å². The third-order valence-electron chi connectivity index (χ3n) is 1.70. The van der Waals surface area contributed by atoms with Gasteiger partial charge in [0.05, 0.1) is 13.7 Å². The molecule has 0 saturated heterocycles. The van der Waals surface area contributed by atoms with E-state index in [2.05, 4.69) is 0 Å². The van der Waals surface area contributed by atoms with Gasteiger partial charge in [0, 0.05) is 12.7 Å². The van der Waals surface area contributed by atoms with Crippen molar-refractivity contribution in [2.24, 2.45) is 0 Å². The predicted octanol–water partition coefficient (Wildman–Crippen LogP) is 1.80. The van der Waals surface area contributed by atoms with Gasteiger partial charge in [-0.05, 0) is 17.7 Å². The van der Waals surface area contributed by atoms with Crippen LogP contribution in [0.15, 0.2) is 24.3 Å². The molecular formula is C10H13NO2. The van der Waals surface area contributed by atoms with Gasteiger partial charge >= 0.3 is 0 Å². The SMILES string of the molecule is COCc1cccc(C(=N)OC)c1. The second-order valence-electron chi connectivity index (χ2n) is 2.67. The summed E-state index contributed by atoms with van der Waals surface area (Å²) < 4.78 is 9.80. The normalized spacial score (nSPS) is 9.69. The van der Waals surface area contributed by atoms with E-state index in [1.165, 1.54) is 7.11 Å². The Labute approximate surface area is 77.8 Å². The molecule has 1 aromatic carbocycles. The molecule has 0 unspecified atom stereocenters. The largest absolute Gasteiger partial charge is 0.481 e. The first-order chi connectivity index (χ1) is 6.27. The van der Waals surface area contributed by atoms with Crippen LogP contribution in [0.1, 0.15) is 11.1 Å². The fraction of sp³-hybridized carbons (Fsp3) is 0.300. The lowest BCUT2D eigenvalue weighted by Gasteiger charge is -2.04. The van der Waals surface area contributed by atoms with E-state index in [1.807, 2.05) is 24.3 Å². The second-order valence-corrected chi connectivity index (χ2v) is 2.67. The Kier molecular flexibility index (Phi) is 3.46. The Balaban J connectivity index is 2.85. The smallest absolute Gasteiger partial charge is 0.212 e. The van der Waals surface area contributed by atoms with Gasteiger partial charge in [0.1, 0.15) is 0 Å². The minimum atomic E-state index is 0.179. The third kappa shape index (κ3) is 2.56. The van der Waals surface area contributed by atoms with Crippen LogP contribution in [-0.2, 0) is 16.1 Å². The number of benzene rings is 1. The van der Waals surface area contributed by atoms with Crippen LogP contribution >= 0.6 is 0 Å². The molecule has 0 atom stereocenters. The summed E-state index contributed by atoms with van der Waals surface area (Å²) in [7, 11) is 3.14. The highest BCUT2D eigenvalue weighted by Crippen LogP contribution is 2.07. The van der Waals surface area contributed by atoms with Crippen molar-refractivity contribution in [1.29, 1.82) is 5.41 Å². The first-order valence-electron chi connectivity index (χ1n) is 3.98. The molecule has 0 aliphatic heterocycles. The lowest BCUT2D eigenvalue weighted by Crippen LogP contribution is -2.01. The van der Waals surface area contributed by atoms with Crippen LogP contribution in [0, 0.1) is 5.41 Å². The molecule has 70 valence electrons. The fourth-order valence-corrected chi connectivity index (χ4v) is 1.09. The summed E-state index contributed by atoms with van der Waals surface area (Å²) in [6.07, 6.45) is 0. The van der Waals surface area contributed by atoms with E-state index in [0.29, 0.717) is 6.61 Å². The molecular weight excluding hydrogens is 166 g/mol. The van der Waals surface area contributed by atoms with Crippen LogP contribution in [0.5, 0.6) is 0 Å². The highest BCUT2D eigenvalue weighted by molar-refractivity contribution is 5.91. The van der Waals surface area contributed by atoms with E-state index < -0.39 is 0 Å². The van der Waals surface area contributed by atoms with Crippen molar-refractivity contribution < 1.29 is 9.47 Å². The number of methoxy groups -OCH3 is 2. The van der Waals surface area contributed by atoms with E-state index in [-0.39, 0.29) is 5.90 Å². The summed E-state index contributed by atoms with van der Waals surface area (Å²) in [5.74, 6) is 0.179. The van der Waals surface area contributed by atoms with Crippen molar-refractivity contribution in [1.82, 2.24) is 0 Å². The molecule has 3 heteroatoms. The van der Waals surface area contributed by atoms with E-state index >= 15 is 0 Å². The minimum Gasteiger partial charge on any atom is -0.481 e. The van der Waals surface area contributed by atoms with Crippen molar-refractivity contribution in [2.45, 2.75) is 6.61 Å². The van der Waals surface area contributed by atoms with Crippen molar-refractivity contribution >= 4 is 5.90 Å². The van der Waals surface area contributed by atoms with Crippen LogP contribution in [0.2, 0.25) is 0 Å². The molecule has 0 saturated carbocycles. The van der Waals surface area contributed by atoms with E-state index in [4.69, 9.17) is 14.9 Å². The summed E-state index contributed by atoms with van der Waals surface area (Å²) in [6, 6.07) is 7.56. The third-order valence-corrected chi connectivity index (χ3v) is 1.70. The first kappa shape index (κ1) is 9.74. The highest BCUT2D eigenvalue weighted by Gasteiger charge is 2.00. The molecule has 13 heavy (non-hydrogen) atoms. The molecule has 0 spiro atoms. The average molecular weight is 179 g/mol. The fourth-order valence-electron chi connectivity index (χ4n) is 1.09. The van der Waals surface area contributed by atoms with Crippen LogP contribution in [0.25, 0.3) is 0 Å². The molecule has 0 fully saturated rings. The molecule has 3 nitrogen and oxygen atoms in total. The molecule has 0 radical (unpaired) electrons. The second kappa shape index (κ2) is 4.62. The molecule has 0 aliphatic rings. The number of ether oxygens (including phenoxy) is 2. The molecule has 0 bridgehead atoms. The van der Waals surface area contributed by atoms with E-state index in [9.17, 15) is 0 Å². The van der Waals surface area contributed by atoms with Gasteiger partial charge in [0.2, 0.25) is 5.90 Å². The Hall–Kier alpha value is -1.35. The minimum absolute atomic E-state index is 0.179. The van der Waals surface area contributed by atoms with Gasteiger partial charge in [-0.15, -0.1) is 0 Å². The zero-order valence-corrected chi connectivity index (χ0v) is 7.83.